The van der Waals surface area contributed by atoms with Gasteiger partial charge in [0.15, 0.2) is 5.76 Å². The third-order valence-corrected chi connectivity index (χ3v) is 4.26. The predicted molar refractivity (Wildman–Crippen MR) is 93.9 cm³/mol. The van der Waals surface area contributed by atoms with E-state index in [4.69, 9.17) is 4.42 Å². The van der Waals surface area contributed by atoms with Gasteiger partial charge in [-0.25, -0.2) is 0 Å². The Bertz CT molecular complexity index is 838. The van der Waals surface area contributed by atoms with Crippen LogP contribution in [0.4, 0.5) is 0 Å². The average Bonchev–Trinajstić information content (AvgIpc) is 3.02. The van der Waals surface area contributed by atoms with Crippen LogP contribution in [0.15, 0.2) is 59.0 Å². The van der Waals surface area contributed by atoms with Crippen LogP contribution in [0.1, 0.15) is 34.1 Å². The Hall–Kier alpha value is -2.59. The molecule has 4 nitrogen and oxygen atoms in total. The van der Waals surface area contributed by atoms with Gasteiger partial charge in [-0.15, -0.1) is 0 Å². The van der Waals surface area contributed by atoms with Gasteiger partial charge in [-0.05, 0) is 37.1 Å². The zero-order valence-electron chi connectivity index (χ0n) is 13.9. The van der Waals surface area contributed by atoms with E-state index in [9.17, 15) is 9.90 Å². The summed E-state index contributed by atoms with van der Waals surface area (Å²) in [5.41, 5.74) is 2.82. The molecule has 1 heterocycles. The van der Waals surface area contributed by atoms with Gasteiger partial charge in [-0.3, -0.25) is 4.79 Å². The van der Waals surface area contributed by atoms with Crippen LogP contribution in [0.3, 0.4) is 0 Å². The highest BCUT2D eigenvalue weighted by Gasteiger charge is 2.24. The molecule has 0 aliphatic carbocycles. The molecule has 0 saturated heterocycles. The third-order valence-electron chi connectivity index (χ3n) is 4.26. The van der Waals surface area contributed by atoms with Crippen molar-refractivity contribution < 1.29 is 14.3 Å². The molecule has 4 heteroatoms. The number of nitrogens with zero attached hydrogens (tertiary/aromatic N) is 1. The minimum absolute atomic E-state index is 0.0104. The highest BCUT2D eigenvalue weighted by molar-refractivity contribution is 5.96. The summed E-state index contributed by atoms with van der Waals surface area (Å²) in [6.45, 7) is 2.02. The summed E-state index contributed by atoms with van der Waals surface area (Å²) in [5.74, 6) is 0.128. The number of aryl methyl sites for hydroxylation is 1. The van der Waals surface area contributed by atoms with Gasteiger partial charge in [0.05, 0.1) is 6.04 Å². The molecule has 1 atom stereocenters. The first-order valence-electron chi connectivity index (χ1n) is 8.03. The molecule has 0 spiro atoms. The molecule has 0 saturated carbocycles. The Kier molecular flexibility index (Phi) is 4.67. The van der Waals surface area contributed by atoms with Crippen LogP contribution in [0, 0.1) is 6.92 Å². The first-order valence-corrected chi connectivity index (χ1v) is 8.03. The number of hydrogen-bond donors (Lipinski definition) is 1. The molecular weight excluding hydrogens is 302 g/mol. The second-order valence-corrected chi connectivity index (χ2v) is 6.01. The van der Waals surface area contributed by atoms with E-state index in [0.717, 1.165) is 16.5 Å². The molecule has 24 heavy (non-hydrogen) atoms. The number of amides is 1. The Labute approximate surface area is 141 Å². The van der Waals surface area contributed by atoms with Crippen molar-refractivity contribution in [2.24, 2.45) is 0 Å². The normalized spacial score (nSPS) is 12.3. The Balaban J connectivity index is 1.90. The number of furan rings is 1. The summed E-state index contributed by atoms with van der Waals surface area (Å²) in [6.07, 6.45) is 0.478. The molecule has 0 radical (unpaired) electrons. The Morgan fingerprint density at radius 2 is 1.92 bits per heavy atom. The van der Waals surface area contributed by atoms with Crippen LogP contribution in [0.25, 0.3) is 11.0 Å². The van der Waals surface area contributed by atoms with E-state index in [1.807, 2.05) is 55.5 Å². The first kappa shape index (κ1) is 16.3. The van der Waals surface area contributed by atoms with Gasteiger partial charge < -0.3 is 14.4 Å². The molecule has 3 rings (SSSR count). The number of aliphatic hydroxyl groups excluding tert-OH is 1. The number of rotatable bonds is 5. The van der Waals surface area contributed by atoms with Crippen molar-refractivity contribution in [1.29, 1.82) is 0 Å². The lowest BCUT2D eigenvalue weighted by atomic mass is 10.0. The van der Waals surface area contributed by atoms with E-state index < -0.39 is 0 Å². The average molecular weight is 323 g/mol. The lowest BCUT2D eigenvalue weighted by Crippen LogP contribution is -2.31. The van der Waals surface area contributed by atoms with E-state index in [1.165, 1.54) is 0 Å². The Morgan fingerprint density at radius 3 is 2.62 bits per heavy atom. The second kappa shape index (κ2) is 6.89. The maximum absolute atomic E-state index is 12.8. The molecule has 124 valence electrons. The van der Waals surface area contributed by atoms with Crippen molar-refractivity contribution in [3.63, 3.8) is 0 Å². The maximum Gasteiger partial charge on any atom is 0.289 e. The zero-order valence-corrected chi connectivity index (χ0v) is 13.9. The van der Waals surface area contributed by atoms with E-state index >= 15 is 0 Å². The van der Waals surface area contributed by atoms with Crippen LogP contribution in [-0.2, 0) is 0 Å². The number of hydrogen-bond acceptors (Lipinski definition) is 3. The molecule has 3 aromatic rings. The fourth-order valence-electron chi connectivity index (χ4n) is 2.96. The number of carbonyl (C=O) groups excluding carboxylic acids is 1. The maximum atomic E-state index is 12.8. The molecule has 0 bridgehead atoms. The minimum Gasteiger partial charge on any atom is -0.451 e. The lowest BCUT2D eigenvalue weighted by molar-refractivity contribution is 0.0675. The van der Waals surface area contributed by atoms with Gasteiger partial charge in [-0.1, -0.05) is 42.0 Å². The molecular formula is C20H21NO3. The van der Waals surface area contributed by atoms with Crippen molar-refractivity contribution >= 4 is 16.9 Å². The minimum atomic E-state index is -0.196. The van der Waals surface area contributed by atoms with Crippen LogP contribution >= 0.6 is 0 Å². The molecule has 0 fully saturated rings. The summed E-state index contributed by atoms with van der Waals surface area (Å²) >= 11 is 0. The van der Waals surface area contributed by atoms with Crippen LogP contribution in [0.2, 0.25) is 0 Å². The summed E-state index contributed by atoms with van der Waals surface area (Å²) in [6, 6.07) is 17.1. The largest absolute Gasteiger partial charge is 0.451 e. The molecule has 1 aromatic heterocycles. The van der Waals surface area contributed by atoms with E-state index in [-0.39, 0.29) is 18.6 Å². The monoisotopic (exact) mass is 323 g/mol. The summed E-state index contributed by atoms with van der Waals surface area (Å²) in [5, 5.41) is 10.3. The standard InChI is InChI=1S/C20H21NO3/c1-14-8-9-18-16(12-14)13-19(24-18)20(23)21(2)17(10-11-22)15-6-4-3-5-7-15/h3-9,12-13,17,22H,10-11H2,1-2H3. The van der Waals surface area contributed by atoms with Gasteiger partial charge in [-0.2, -0.15) is 0 Å². The quantitative estimate of drug-likeness (QED) is 0.774. The Morgan fingerprint density at radius 1 is 1.17 bits per heavy atom. The molecule has 0 aliphatic heterocycles. The summed E-state index contributed by atoms with van der Waals surface area (Å²) < 4.78 is 5.72. The van der Waals surface area contributed by atoms with Gasteiger partial charge in [0.2, 0.25) is 0 Å². The molecule has 0 aliphatic rings. The second-order valence-electron chi connectivity index (χ2n) is 6.01. The number of benzene rings is 2. The molecule has 1 N–H and O–H groups in total. The van der Waals surface area contributed by atoms with E-state index in [0.29, 0.717) is 17.8 Å². The SMILES string of the molecule is Cc1ccc2oc(C(=O)N(C)C(CCO)c3ccccc3)cc2c1. The lowest BCUT2D eigenvalue weighted by Gasteiger charge is -2.27. The van der Waals surface area contributed by atoms with Crippen molar-refractivity contribution in [1.82, 2.24) is 4.90 Å². The van der Waals surface area contributed by atoms with Crippen LogP contribution < -0.4 is 0 Å². The van der Waals surface area contributed by atoms with Crippen LogP contribution in [-0.4, -0.2) is 29.6 Å². The summed E-state index contributed by atoms with van der Waals surface area (Å²) in [7, 11) is 1.74. The fraction of sp³-hybridized carbons (Fsp3) is 0.250. The highest BCUT2D eigenvalue weighted by atomic mass is 16.3. The zero-order chi connectivity index (χ0) is 17.1. The fourth-order valence-corrected chi connectivity index (χ4v) is 2.96. The molecule has 1 amide bonds. The van der Waals surface area contributed by atoms with Gasteiger partial charge in [0.25, 0.3) is 5.91 Å². The highest BCUT2D eigenvalue weighted by Crippen LogP contribution is 2.27. The van der Waals surface area contributed by atoms with Gasteiger partial charge in [0.1, 0.15) is 5.58 Å². The summed E-state index contributed by atoms with van der Waals surface area (Å²) in [4.78, 5) is 14.5. The van der Waals surface area contributed by atoms with E-state index in [1.54, 1.807) is 18.0 Å². The predicted octanol–water partition coefficient (Wildman–Crippen LogP) is 3.94. The first-order chi connectivity index (χ1) is 11.6. The van der Waals surface area contributed by atoms with Crippen molar-refractivity contribution in [2.45, 2.75) is 19.4 Å². The third kappa shape index (κ3) is 3.19. The van der Waals surface area contributed by atoms with Crippen LogP contribution in [0.5, 0.6) is 0 Å². The van der Waals surface area contributed by atoms with E-state index in [2.05, 4.69) is 0 Å². The van der Waals surface area contributed by atoms with Gasteiger partial charge >= 0.3 is 0 Å². The molecule has 2 aromatic carbocycles. The number of fused-ring (bicyclic) bond motifs is 1. The van der Waals surface area contributed by atoms with Crippen molar-refractivity contribution in [2.75, 3.05) is 13.7 Å². The number of aliphatic hydroxyl groups is 1. The topological polar surface area (TPSA) is 53.7 Å². The smallest absolute Gasteiger partial charge is 0.289 e. The van der Waals surface area contributed by atoms with Crippen molar-refractivity contribution in [3.05, 3.63) is 71.5 Å². The molecule has 1 unspecified atom stereocenters. The number of carbonyl (C=O) groups is 1. The van der Waals surface area contributed by atoms with Crippen molar-refractivity contribution in [3.8, 4) is 0 Å². The van der Waals surface area contributed by atoms with Gasteiger partial charge in [0, 0.05) is 19.0 Å².